The lowest BCUT2D eigenvalue weighted by molar-refractivity contribution is -0.524. The molecule has 0 spiro atoms. The number of ether oxygens (including phenoxy) is 2. The Morgan fingerprint density at radius 2 is 1.43 bits per heavy atom. The normalized spacial score (nSPS) is 11.7. The zero-order valence-electron chi connectivity index (χ0n) is 12.8. The zero-order chi connectivity index (χ0) is 16.1. The summed E-state index contributed by atoms with van der Waals surface area (Å²) in [6.45, 7) is 0. The molecule has 122 valence electrons. The molecule has 0 N–H and O–H groups in total. The highest BCUT2D eigenvalue weighted by Crippen LogP contribution is 2.14. The molecule has 0 amide bonds. The largest absolute Gasteiger partial charge is 0.469 e. The van der Waals surface area contributed by atoms with Crippen LogP contribution in [-0.4, -0.2) is 37.1 Å². The average molecular weight is 303 g/mol. The predicted octanol–water partition coefficient (Wildman–Crippen LogP) is 2.49. The molecule has 0 aromatic rings. The molecule has 0 rings (SSSR count). The van der Waals surface area contributed by atoms with E-state index in [1.807, 2.05) is 0 Å². The molecule has 0 aromatic heterocycles. The van der Waals surface area contributed by atoms with E-state index in [1.54, 1.807) is 0 Å². The summed E-state index contributed by atoms with van der Waals surface area (Å²) in [7, 11) is 2.65. The van der Waals surface area contributed by atoms with Crippen molar-refractivity contribution in [3.8, 4) is 0 Å². The van der Waals surface area contributed by atoms with E-state index < -0.39 is 12.0 Å². The lowest BCUT2D eigenvalue weighted by atomic mass is 10.0. The van der Waals surface area contributed by atoms with Crippen LogP contribution in [0.1, 0.15) is 57.8 Å². The smallest absolute Gasteiger partial charge is 0.305 e. The molecule has 0 fully saturated rings. The summed E-state index contributed by atoms with van der Waals surface area (Å²) in [4.78, 5) is 32.4. The molecule has 0 heterocycles. The highest BCUT2D eigenvalue weighted by Gasteiger charge is 2.20. The minimum Gasteiger partial charge on any atom is -0.469 e. The van der Waals surface area contributed by atoms with Gasteiger partial charge in [-0.1, -0.05) is 19.3 Å². The summed E-state index contributed by atoms with van der Waals surface area (Å²) in [6.07, 6.45) is 5.50. The van der Waals surface area contributed by atoms with Crippen LogP contribution < -0.4 is 0 Å². The summed E-state index contributed by atoms with van der Waals surface area (Å²) >= 11 is 0. The van der Waals surface area contributed by atoms with E-state index in [2.05, 4.69) is 9.47 Å². The van der Waals surface area contributed by atoms with Gasteiger partial charge in [0.1, 0.15) is 0 Å². The number of esters is 2. The van der Waals surface area contributed by atoms with Crippen LogP contribution in [-0.2, 0) is 19.1 Å². The molecule has 0 saturated heterocycles. The number of methoxy groups -OCH3 is 2. The maximum absolute atomic E-state index is 11.0. The average Bonchev–Trinajstić information content (AvgIpc) is 2.47. The van der Waals surface area contributed by atoms with Gasteiger partial charge in [0.15, 0.2) is 0 Å². The molecule has 1 atom stereocenters. The van der Waals surface area contributed by atoms with Crippen molar-refractivity contribution in [1.29, 1.82) is 0 Å². The fraction of sp³-hybridized carbons (Fsp3) is 0.857. The Morgan fingerprint density at radius 1 is 0.905 bits per heavy atom. The molecule has 0 aliphatic carbocycles. The van der Waals surface area contributed by atoms with Crippen LogP contribution >= 0.6 is 0 Å². The quantitative estimate of drug-likeness (QED) is 0.238. The highest BCUT2D eigenvalue weighted by atomic mass is 16.6. The number of nitrogens with zero attached hydrogens (tertiary/aromatic N) is 1. The minimum absolute atomic E-state index is 0.0846. The van der Waals surface area contributed by atoms with Crippen LogP contribution in [0.5, 0.6) is 0 Å². The van der Waals surface area contributed by atoms with Gasteiger partial charge in [-0.25, -0.2) is 0 Å². The van der Waals surface area contributed by atoms with Crippen molar-refractivity contribution in [2.24, 2.45) is 0 Å². The second-order valence-corrected chi connectivity index (χ2v) is 4.94. The molecule has 0 aliphatic rings. The van der Waals surface area contributed by atoms with Gasteiger partial charge in [0.2, 0.25) is 6.04 Å². The van der Waals surface area contributed by atoms with Crippen molar-refractivity contribution >= 4 is 11.9 Å². The van der Waals surface area contributed by atoms with E-state index in [1.165, 1.54) is 14.2 Å². The van der Waals surface area contributed by atoms with Crippen LogP contribution in [0.2, 0.25) is 0 Å². The molecule has 0 aromatic carbocycles. The van der Waals surface area contributed by atoms with Crippen molar-refractivity contribution in [3.63, 3.8) is 0 Å². The van der Waals surface area contributed by atoms with Crippen LogP contribution in [0.15, 0.2) is 0 Å². The molecule has 0 radical (unpaired) electrons. The zero-order valence-corrected chi connectivity index (χ0v) is 12.8. The van der Waals surface area contributed by atoms with E-state index >= 15 is 0 Å². The van der Waals surface area contributed by atoms with Gasteiger partial charge in [-0.3, -0.25) is 19.7 Å². The van der Waals surface area contributed by atoms with Crippen molar-refractivity contribution in [2.45, 2.75) is 63.8 Å². The van der Waals surface area contributed by atoms with Crippen molar-refractivity contribution in [3.05, 3.63) is 10.1 Å². The third-order valence-corrected chi connectivity index (χ3v) is 3.35. The fourth-order valence-corrected chi connectivity index (χ4v) is 2.02. The van der Waals surface area contributed by atoms with Gasteiger partial charge in [0, 0.05) is 24.2 Å². The molecular formula is C14H25NO6. The first-order valence-corrected chi connectivity index (χ1v) is 7.28. The van der Waals surface area contributed by atoms with E-state index in [0.717, 1.165) is 32.1 Å². The number of hydrogen-bond acceptors (Lipinski definition) is 6. The Morgan fingerprint density at radius 3 is 2.00 bits per heavy atom. The van der Waals surface area contributed by atoms with Crippen LogP contribution in [0.3, 0.4) is 0 Å². The maximum atomic E-state index is 11.0. The Hall–Kier alpha value is -1.66. The predicted molar refractivity (Wildman–Crippen MR) is 76.4 cm³/mol. The standard InChI is InChI=1S/C14H25NO6/c1-20-13(16)9-7-5-3-4-6-8-12(15(18)19)10-11-14(17)21-2/h12H,3-11H2,1-2H3. The third-order valence-electron chi connectivity index (χ3n) is 3.35. The molecule has 0 bridgehead atoms. The van der Waals surface area contributed by atoms with Gasteiger partial charge in [0.25, 0.3) is 0 Å². The molecular weight excluding hydrogens is 278 g/mol. The Bertz CT molecular complexity index is 331. The number of carbonyl (C=O) groups excluding carboxylic acids is 2. The Kier molecular flexibility index (Phi) is 11.2. The summed E-state index contributed by atoms with van der Waals surface area (Å²) in [5.74, 6) is -0.615. The summed E-state index contributed by atoms with van der Waals surface area (Å²) in [5, 5.41) is 10.9. The van der Waals surface area contributed by atoms with Crippen LogP contribution in [0.25, 0.3) is 0 Å². The van der Waals surface area contributed by atoms with E-state index in [0.29, 0.717) is 12.8 Å². The first kappa shape index (κ1) is 19.3. The SMILES string of the molecule is COC(=O)CCCCCCCC(CCC(=O)OC)[N+](=O)[O-]. The molecule has 0 aliphatic heterocycles. The molecule has 7 nitrogen and oxygen atoms in total. The van der Waals surface area contributed by atoms with Gasteiger partial charge in [-0.2, -0.15) is 0 Å². The van der Waals surface area contributed by atoms with E-state index in [9.17, 15) is 19.7 Å². The number of nitro groups is 1. The van der Waals surface area contributed by atoms with Crippen molar-refractivity contribution in [2.75, 3.05) is 14.2 Å². The highest BCUT2D eigenvalue weighted by molar-refractivity contribution is 5.69. The lowest BCUT2D eigenvalue weighted by Crippen LogP contribution is -2.21. The fourth-order valence-electron chi connectivity index (χ4n) is 2.02. The third kappa shape index (κ3) is 10.8. The van der Waals surface area contributed by atoms with Crippen LogP contribution in [0.4, 0.5) is 0 Å². The summed E-state index contributed by atoms with van der Waals surface area (Å²) in [5.41, 5.74) is 0. The van der Waals surface area contributed by atoms with Crippen molar-refractivity contribution < 1.29 is 24.0 Å². The van der Waals surface area contributed by atoms with Gasteiger partial charge in [-0.05, 0) is 12.8 Å². The second kappa shape index (κ2) is 12.1. The lowest BCUT2D eigenvalue weighted by Gasteiger charge is -2.08. The van der Waals surface area contributed by atoms with E-state index in [-0.39, 0.29) is 23.7 Å². The number of rotatable bonds is 12. The maximum Gasteiger partial charge on any atom is 0.305 e. The summed E-state index contributed by atoms with van der Waals surface area (Å²) < 4.78 is 9.02. The first-order chi connectivity index (χ1) is 10.0. The second-order valence-electron chi connectivity index (χ2n) is 4.94. The van der Waals surface area contributed by atoms with Crippen molar-refractivity contribution in [1.82, 2.24) is 0 Å². The Labute approximate surface area is 125 Å². The topological polar surface area (TPSA) is 95.7 Å². The molecule has 7 heteroatoms. The first-order valence-electron chi connectivity index (χ1n) is 7.28. The monoisotopic (exact) mass is 303 g/mol. The summed E-state index contributed by atoms with van der Waals surface area (Å²) in [6, 6.07) is -0.681. The van der Waals surface area contributed by atoms with E-state index in [4.69, 9.17) is 0 Å². The Balaban J connectivity index is 3.67. The van der Waals surface area contributed by atoms with Gasteiger partial charge in [0.05, 0.1) is 20.6 Å². The number of hydrogen-bond donors (Lipinski definition) is 0. The van der Waals surface area contributed by atoms with Gasteiger partial charge < -0.3 is 9.47 Å². The number of unbranched alkanes of at least 4 members (excludes halogenated alkanes) is 4. The number of carbonyl (C=O) groups is 2. The minimum atomic E-state index is -0.681. The molecule has 0 saturated carbocycles. The van der Waals surface area contributed by atoms with Gasteiger partial charge in [-0.15, -0.1) is 0 Å². The molecule has 21 heavy (non-hydrogen) atoms. The molecule has 1 unspecified atom stereocenters. The van der Waals surface area contributed by atoms with Gasteiger partial charge >= 0.3 is 11.9 Å². The van der Waals surface area contributed by atoms with Crippen LogP contribution in [0, 0.1) is 10.1 Å².